The van der Waals surface area contributed by atoms with Crippen molar-refractivity contribution >= 4 is 17.8 Å². The molecule has 0 aliphatic carbocycles. The Morgan fingerprint density at radius 3 is 2.27 bits per heavy atom. The van der Waals surface area contributed by atoms with Crippen molar-refractivity contribution in [1.29, 1.82) is 0 Å². The van der Waals surface area contributed by atoms with Crippen LogP contribution in [0.2, 0.25) is 0 Å². The predicted octanol–water partition coefficient (Wildman–Crippen LogP) is 2.67. The van der Waals surface area contributed by atoms with Gasteiger partial charge >= 0.3 is 6.03 Å². The number of hydrogen-bond donors (Lipinski definition) is 3. The highest BCUT2D eigenvalue weighted by atomic mass is 19.1. The number of likely N-dealkylation sites (tertiary alicyclic amines) is 1. The summed E-state index contributed by atoms with van der Waals surface area (Å²) in [6.07, 6.45) is 1.99. The largest absolute Gasteiger partial charge is 0.354 e. The first kappa shape index (κ1) is 23.6. The van der Waals surface area contributed by atoms with E-state index in [2.05, 4.69) is 16.0 Å². The molecule has 166 valence electrons. The van der Waals surface area contributed by atoms with Crippen LogP contribution in [0.1, 0.15) is 57.3 Å². The smallest absolute Gasteiger partial charge is 0.317 e. The summed E-state index contributed by atoms with van der Waals surface area (Å²) in [4.78, 5) is 39.5. The van der Waals surface area contributed by atoms with Crippen molar-refractivity contribution in [3.63, 3.8) is 0 Å². The average molecular weight is 421 g/mol. The second kappa shape index (κ2) is 10.4. The maximum Gasteiger partial charge on any atom is 0.317 e. The van der Waals surface area contributed by atoms with Gasteiger partial charge in [0.1, 0.15) is 11.9 Å². The molecule has 7 nitrogen and oxygen atoms in total. The number of carbonyl (C=O) groups is 3. The van der Waals surface area contributed by atoms with Crippen LogP contribution in [0, 0.1) is 11.7 Å². The molecular weight excluding hydrogens is 387 g/mol. The molecule has 1 aliphatic heterocycles. The van der Waals surface area contributed by atoms with Crippen molar-refractivity contribution in [2.24, 2.45) is 5.92 Å². The van der Waals surface area contributed by atoms with E-state index in [-0.39, 0.29) is 23.4 Å². The first-order valence-corrected chi connectivity index (χ1v) is 10.5. The SMILES string of the molecule is CCCNC(=O)[C@@H](NC(=O)c1ccc(F)cc1)C1CCN(C(=O)NC(C)(C)C)CC1. The van der Waals surface area contributed by atoms with Crippen LogP contribution in [0.25, 0.3) is 0 Å². The highest BCUT2D eigenvalue weighted by Gasteiger charge is 2.34. The quantitative estimate of drug-likeness (QED) is 0.661. The number of halogens is 1. The fourth-order valence-electron chi connectivity index (χ4n) is 3.42. The third-order valence-electron chi connectivity index (χ3n) is 5.00. The number of rotatable bonds is 6. The van der Waals surface area contributed by atoms with E-state index in [0.29, 0.717) is 38.0 Å². The number of amides is 4. The van der Waals surface area contributed by atoms with Gasteiger partial charge in [0.2, 0.25) is 5.91 Å². The van der Waals surface area contributed by atoms with Gasteiger partial charge in [0.25, 0.3) is 5.91 Å². The molecule has 0 aromatic heterocycles. The molecule has 2 rings (SSSR count). The topological polar surface area (TPSA) is 90.5 Å². The lowest BCUT2D eigenvalue weighted by molar-refractivity contribution is -0.124. The number of hydrogen-bond acceptors (Lipinski definition) is 3. The van der Waals surface area contributed by atoms with Crippen LogP contribution in [-0.4, -0.2) is 54.0 Å². The molecule has 3 N–H and O–H groups in total. The molecule has 1 aromatic rings. The summed E-state index contributed by atoms with van der Waals surface area (Å²) in [5.41, 5.74) is -0.0219. The van der Waals surface area contributed by atoms with Crippen LogP contribution < -0.4 is 16.0 Å². The van der Waals surface area contributed by atoms with Crippen molar-refractivity contribution in [3.05, 3.63) is 35.6 Å². The van der Waals surface area contributed by atoms with E-state index < -0.39 is 17.8 Å². The van der Waals surface area contributed by atoms with Crippen LogP contribution in [0.3, 0.4) is 0 Å². The van der Waals surface area contributed by atoms with Gasteiger partial charge in [-0.05, 0) is 70.2 Å². The fraction of sp³-hybridized carbons (Fsp3) is 0.591. The molecule has 1 saturated heterocycles. The first-order valence-electron chi connectivity index (χ1n) is 10.5. The molecule has 8 heteroatoms. The summed E-state index contributed by atoms with van der Waals surface area (Å²) < 4.78 is 13.1. The highest BCUT2D eigenvalue weighted by Crippen LogP contribution is 2.22. The van der Waals surface area contributed by atoms with Gasteiger partial charge in [-0.15, -0.1) is 0 Å². The molecule has 1 atom stereocenters. The van der Waals surface area contributed by atoms with Crippen molar-refractivity contribution in [1.82, 2.24) is 20.9 Å². The van der Waals surface area contributed by atoms with Gasteiger partial charge in [-0.25, -0.2) is 9.18 Å². The standard InChI is InChI=1S/C22H33FN4O3/c1-5-12-24-20(29)18(25-19(28)16-6-8-17(23)9-7-16)15-10-13-27(14-11-15)21(30)26-22(2,3)4/h6-9,15,18H,5,10-14H2,1-4H3,(H,24,29)(H,25,28)(H,26,30)/t18-/m0/s1. The molecule has 1 heterocycles. The van der Waals surface area contributed by atoms with Crippen LogP contribution in [0.4, 0.5) is 9.18 Å². The lowest BCUT2D eigenvalue weighted by Gasteiger charge is -2.37. The summed E-state index contributed by atoms with van der Waals surface area (Å²) >= 11 is 0. The molecule has 0 radical (unpaired) electrons. The van der Waals surface area contributed by atoms with Crippen molar-refractivity contribution < 1.29 is 18.8 Å². The Kier molecular flexibility index (Phi) is 8.20. The molecular formula is C22H33FN4O3. The van der Waals surface area contributed by atoms with Crippen LogP contribution in [0.15, 0.2) is 24.3 Å². The molecule has 0 unspecified atom stereocenters. The molecule has 1 aliphatic rings. The Bertz CT molecular complexity index is 738. The zero-order valence-electron chi connectivity index (χ0n) is 18.3. The minimum atomic E-state index is -0.707. The van der Waals surface area contributed by atoms with Gasteiger partial charge in [-0.3, -0.25) is 9.59 Å². The lowest BCUT2D eigenvalue weighted by atomic mass is 9.88. The van der Waals surface area contributed by atoms with E-state index in [1.807, 2.05) is 27.7 Å². The van der Waals surface area contributed by atoms with E-state index in [4.69, 9.17) is 0 Å². The number of benzene rings is 1. The normalized spacial score (nSPS) is 16.0. The van der Waals surface area contributed by atoms with Gasteiger partial charge in [0.05, 0.1) is 0 Å². The summed E-state index contributed by atoms with van der Waals surface area (Å²) in [5.74, 6) is -1.17. The van der Waals surface area contributed by atoms with E-state index in [0.717, 1.165) is 6.42 Å². The zero-order chi connectivity index (χ0) is 22.3. The van der Waals surface area contributed by atoms with Gasteiger partial charge in [0.15, 0.2) is 0 Å². The number of urea groups is 1. The molecule has 1 fully saturated rings. The van der Waals surface area contributed by atoms with Crippen LogP contribution in [-0.2, 0) is 4.79 Å². The van der Waals surface area contributed by atoms with Crippen LogP contribution in [0.5, 0.6) is 0 Å². The Morgan fingerprint density at radius 2 is 1.73 bits per heavy atom. The van der Waals surface area contributed by atoms with Crippen LogP contribution >= 0.6 is 0 Å². The van der Waals surface area contributed by atoms with Gasteiger partial charge in [-0.2, -0.15) is 0 Å². The average Bonchev–Trinajstić information content (AvgIpc) is 2.69. The monoisotopic (exact) mass is 420 g/mol. The number of piperidine rings is 1. The second-order valence-electron chi connectivity index (χ2n) is 8.75. The first-order chi connectivity index (χ1) is 14.1. The third kappa shape index (κ3) is 7.00. The summed E-state index contributed by atoms with van der Waals surface area (Å²) in [7, 11) is 0. The third-order valence-corrected chi connectivity index (χ3v) is 5.00. The Labute approximate surface area is 177 Å². The van der Waals surface area contributed by atoms with Crippen molar-refractivity contribution in [2.75, 3.05) is 19.6 Å². The van der Waals surface area contributed by atoms with Gasteiger partial charge < -0.3 is 20.9 Å². The maximum absolute atomic E-state index is 13.1. The molecule has 1 aromatic carbocycles. The van der Waals surface area contributed by atoms with E-state index in [9.17, 15) is 18.8 Å². The number of nitrogens with one attached hydrogen (secondary N) is 3. The molecule has 0 bridgehead atoms. The Morgan fingerprint density at radius 1 is 1.13 bits per heavy atom. The minimum absolute atomic E-state index is 0.0926. The number of carbonyl (C=O) groups excluding carboxylic acids is 3. The van der Waals surface area contributed by atoms with E-state index in [1.165, 1.54) is 24.3 Å². The van der Waals surface area contributed by atoms with Gasteiger partial charge in [0, 0.05) is 30.7 Å². The molecule has 30 heavy (non-hydrogen) atoms. The van der Waals surface area contributed by atoms with Gasteiger partial charge in [-0.1, -0.05) is 6.92 Å². The zero-order valence-corrected chi connectivity index (χ0v) is 18.3. The van der Waals surface area contributed by atoms with Crippen molar-refractivity contribution in [2.45, 2.75) is 58.5 Å². The molecule has 0 saturated carbocycles. The number of nitrogens with zero attached hydrogens (tertiary/aromatic N) is 1. The molecule has 0 spiro atoms. The summed E-state index contributed by atoms with van der Waals surface area (Å²) in [6.45, 7) is 9.28. The van der Waals surface area contributed by atoms with Crippen molar-refractivity contribution in [3.8, 4) is 0 Å². The van der Waals surface area contributed by atoms with E-state index >= 15 is 0 Å². The molecule has 4 amide bonds. The lowest BCUT2D eigenvalue weighted by Crippen LogP contribution is -2.55. The second-order valence-corrected chi connectivity index (χ2v) is 8.75. The van der Waals surface area contributed by atoms with E-state index in [1.54, 1.807) is 4.90 Å². The summed E-state index contributed by atoms with van der Waals surface area (Å²) in [5, 5.41) is 8.62. The fourth-order valence-corrected chi connectivity index (χ4v) is 3.42. The maximum atomic E-state index is 13.1. The Balaban J connectivity index is 2.04. The highest BCUT2D eigenvalue weighted by molar-refractivity contribution is 5.97. The Hall–Kier alpha value is -2.64. The summed E-state index contributed by atoms with van der Waals surface area (Å²) in [6, 6.07) is 4.39. The minimum Gasteiger partial charge on any atom is -0.354 e. The predicted molar refractivity (Wildman–Crippen MR) is 114 cm³/mol.